The van der Waals surface area contributed by atoms with Crippen LogP contribution in [-0.4, -0.2) is 18.4 Å². The van der Waals surface area contributed by atoms with Crippen LogP contribution < -0.4 is 10.6 Å². The lowest BCUT2D eigenvalue weighted by molar-refractivity contribution is -0.125. The van der Waals surface area contributed by atoms with Crippen molar-refractivity contribution in [3.8, 4) is 0 Å². The Morgan fingerprint density at radius 1 is 1.15 bits per heavy atom. The van der Waals surface area contributed by atoms with E-state index in [1.54, 1.807) is 0 Å². The second-order valence-electron chi connectivity index (χ2n) is 7.53. The minimum atomic E-state index is -0.249. The van der Waals surface area contributed by atoms with Crippen LogP contribution in [-0.2, 0) is 9.59 Å². The quantitative estimate of drug-likeness (QED) is 0.718. The van der Waals surface area contributed by atoms with E-state index in [2.05, 4.69) is 16.7 Å². The maximum Gasteiger partial charge on any atom is 0.228 e. The summed E-state index contributed by atoms with van der Waals surface area (Å²) in [5.74, 6) is -0.581. The Morgan fingerprint density at radius 2 is 1.92 bits per heavy atom. The fourth-order valence-electron chi connectivity index (χ4n) is 3.67. The molecule has 2 aliphatic carbocycles. The molecular formula is C21H27ClN2O2. The SMILES string of the molecule is Cc1cc(C)c(NC(=O)C2CC2C(=O)NCCC2=CCCCC2)c(Cl)c1. The zero-order chi connectivity index (χ0) is 18.7. The summed E-state index contributed by atoms with van der Waals surface area (Å²) in [5.41, 5.74) is 4.09. The molecule has 0 spiro atoms. The van der Waals surface area contributed by atoms with E-state index in [0.29, 0.717) is 23.7 Å². The summed E-state index contributed by atoms with van der Waals surface area (Å²) in [7, 11) is 0. The summed E-state index contributed by atoms with van der Waals surface area (Å²) in [5, 5.41) is 6.43. The summed E-state index contributed by atoms with van der Waals surface area (Å²) < 4.78 is 0. The Kier molecular flexibility index (Phi) is 6.02. The topological polar surface area (TPSA) is 58.2 Å². The number of rotatable bonds is 6. The van der Waals surface area contributed by atoms with Crippen LogP contribution in [0.25, 0.3) is 0 Å². The molecule has 2 unspecified atom stereocenters. The van der Waals surface area contributed by atoms with Crippen molar-refractivity contribution in [2.75, 3.05) is 11.9 Å². The molecule has 4 nitrogen and oxygen atoms in total. The highest BCUT2D eigenvalue weighted by molar-refractivity contribution is 6.34. The van der Waals surface area contributed by atoms with Gasteiger partial charge in [0.1, 0.15) is 0 Å². The van der Waals surface area contributed by atoms with Crippen molar-refractivity contribution >= 4 is 29.1 Å². The van der Waals surface area contributed by atoms with Crippen LogP contribution in [0.5, 0.6) is 0 Å². The van der Waals surface area contributed by atoms with Crippen molar-refractivity contribution in [2.45, 2.75) is 52.4 Å². The third-order valence-corrected chi connectivity index (χ3v) is 5.57. The largest absolute Gasteiger partial charge is 0.356 e. The fourth-order valence-corrected chi connectivity index (χ4v) is 4.04. The van der Waals surface area contributed by atoms with Gasteiger partial charge < -0.3 is 10.6 Å². The number of nitrogens with one attached hydrogen (secondary N) is 2. The summed E-state index contributed by atoms with van der Waals surface area (Å²) in [6, 6.07) is 3.82. The number of allylic oxidation sites excluding steroid dienone is 1. The Hall–Kier alpha value is -1.81. The van der Waals surface area contributed by atoms with Gasteiger partial charge in [-0.2, -0.15) is 0 Å². The van der Waals surface area contributed by atoms with Gasteiger partial charge in [-0.15, -0.1) is 0 Å². The molecule has 0 bridgehead atoms. The average molecular weight is 375 g/mol. The van der Waals surface area contributed by atoms with Crippen molar-refractivity contribution in [3.05, 3.63) is 39.9 Å². The highest BCUT2D eigenvalue weighted by Gasteiger charge is 2.48. The smallest absolute Gasteiger partial charge is 0.228 e. The van der Waals surface area contributed by atoms with Gasteiger partial charge in [-0.3, -0.25) is 9.59 Å². The van der Waals surface area contributed by atoms with E-state index >= 15 is 0 Å². The first kappa shape index (κ1) is 19.0. The van der Waals surface area contributed by atoms with Gasteiger partial charge in [-0.1, -0.05) is 29.3 Å². The van der Waals surface area contributed by atoms with Crippen LogP contribution in [0, 0.1) is 25.7 Å². The van der Waals surface area contributed by atoms with Crippen molar-refractivity contribution in [1.29, 1.82) is 0 Å². The van der Waals surface area contributed by atoms with E-state index < -0.39 is 0 Å². The molecule has 2 amide bonds. The molecule has 0 aliphatic heterocycles. The Balaban J connectivity index is 1.46. The lowest BCUT2D eigenvalue weighted by Crippen LogP contribution is -2.28. The zero-order valence-corrected chi connectivity index (χ0v) is 16.3. The maximum absolute atomic E-state index is 12.4. The lowest BCUT2D eigenvalue weighted by Gasteiger charge is -2.13. The minimum Gasteiger partial charge on any atom is -0.356 e. The molecule has 2 atom stereocenters. The summed E-state index contributed by atoms with van der Waals surface area (Å²) >= 11 is 6.25. The van der Waals surface area contributed by atoms with Crippen LogP contribution >= 0.6 is 11.6 Å². The number of halogens is 1. The van der Waals surface area contributed by atoms with Crippen molar-refractivity contribution < 1.29 is 9.59 Å². The number of carbonyl (C=O) groups is 2. The molecule has 2 N–H and O–H groups in total. The van der Waals surface area contributed by atoms with Gasteiger partial charge in [0, 0.05) is 6.54 Å². The molecule has 1 aromatic rings. The first-order valence-corrected chi connectivity index (χ1v) is 9.86. The Labute approximate surface area is 160 Å². The predicted molar refractivity (Wildman–Crippen MR) is 105 cm³/mol. The summed E-state index contributed by atoms with van der Waals surface area (Å²) in [6.45, 7) is 4.55. The van der Waals surface area contributed by atoms with Gasteiger partial charge in [0.2, 0.25) is 11.8 Å². The number of hydrogen-bond acceptors (Lipinski definition) is 2. The molecule has 0 aromatic heterocycles. The van der Waals surface area contributed by atoms with E-state index in [-0.39, 0.29) is 23.7 Å². The second-order valence-corrected chi connectivity index (χ2v) is 7.93. The number of benzene rings is 1. The van der Waals surface area contributed by atoms with E-state index in [0.717, 1.165) is 30.4 Å². The molecule has 140 valence electrons. The third-order valence-electron chi connectivity index (χ3n) is 5.27. The Bertz CT molecular complexity index is 719. The molecule has 0 radical (unpaired) electrons. The Morgan fingerprint density at radius 3 is 2.62 bits per heavy atom. The normalized spacial score (nSPS) is 21.7. The molecule has 0 heterocycles. The first-order chi connectivity index (χ1) is 12.5. The van der Waals surface area contributed by atoms with Crippen molar-refractivity contribution in [2.24, 2.45) is 11.8 Å². The summed E-state index contributed by atoms with van der Waals surface area (Å²) in [6.07, 6.45) is 8.69. The molecule has 2 aliphatic rings. The molecule has 5 heteroatoms. The number of carbonyl (C=O) groups excluding carboxylic acids is 2. The van der Waals surface area contributed by atoms with E-state index in [4.69, 9.17) is 11.6 Å². The van der Waals surface area contributed by atoms with E-state index in [9.17, 15) is 9.59 Å². The van der Waals surface area contributed by atoms with Gasteiger partial charge in [0.05, 0.1) is 22.5 Å². The monoisotopic (exact) mass is 374 g/mol. The number of aryl methyl sites for hydroxylation is 2. The van der Waals surface area contributed by atoms with Crippen molar-refractivity contribution in [3.63, 3.8) is 0 Å². The summed E-state index contributed by atoms with van der Waals surface area (Å²) in [4.78, 5) is 24.7. The number of hydrogen-bond donors (Lipinski definition) is 2. The highest BCUT2D eigenvalue weighted by Crippen LogP contribution is 2.40. The molecule has 0 saturated heterocycles. The molecule has 1 saturated carbocycles. The highest BCUT2D eigenvalue weighted by atomic mass is 35.5. The molecular weight excluding hydrogens is 348 g/mol. The molecule has 1 fully saturated rings. The third kappa shape index (κ3) is 4.67. The minimum absolute atomic E-state index is 0.00622. The zero-order valence-electron chi connectivity index (χ0n) is 15.5. The van der Waals surface area contributed by atoms with Crippen LogP contribution in [0.2, 0.25) is 5.02 Å². The van der Waals surface area contributed by atoms with Crippen LogP contribution in [0.4, 0.5) is 5.69 Å². The number of amides is 2. The maximum atomic E-state index is 12.4. The van der Waals surface area contributed by atoms with Gasteiger partial charge in [0.15, 0.2) is 0 Å². The van der Waals surface area contributed by atoms with E-state index in [1.807, 2.05) is 26.0 Å². The fraction of sp³-hybridized carbons (Fsp3) is 0.524. The van der Waals surface area contributed by atoms with E-state index in [1.165, 1.54) is 18.4 Å². The van der Waals surface area contributed by atoms with Crippen LogP contribution in [0.1, 0.15) is 49.7 Å². The molecule has 26 heavy (non-hydrogen) atoms. The molecule has 3 rings (SSSR count). The first-order valence-electron chi connectivity index (χ1n) is 9.49. The van der Waals surface area contributed by atoms with Gasteiger partial charge in [-0.25, -0.2) is 0 Å². The lowest BCUT2D eigenvalue weighted by atomic mass is 9.97. The number of anilines is 1. The molecule has 1 aromatic carbocycles. The van der Waals surface area contributed by atoms with Crippen molar-refractivity contribution in [1.82, 2.24) is 5.32 Å². The second kappa shape index (κ2) is 8.26. The van der Waals surface area contributed by atoms with Gasteiger partial charge in [-0.05, 0) is 69.6 Å². The average Bonchev–Trinajstić information content (AvgIpc) is 3.40. The van der Waals surface area contributed by atoms with Gasteiger partial charge >= 0.3 is 0 Å². The van der Waals surface area contributed by atoms with Gasteiger partial charge in [0.25, 0.3) is 0 Å². The van der Waals surface area contributed by atoms with Crippen LogP contribution in [0.15, 0.2) is 23.8 Å². The predicted octanol–water partition coefficient (Wildman–Crippen LogP) is 4.54. The standard InChI is InChI=1S/C21H27ClN2O2/c1-13-10-14(2)19(18(22)11-13)24-21(26)17-12-16(17)20(25)23-9-8-15-6-4-3-5-7-15/h6,10-11,16-17H,3-5,7-9,12H2,1-2H3,(H,23,25)(H,24,26). The van der Waals surface area contributed by atoms with Crippen LogP contribution in [0.3, 0.4) is 0 Å².